The number of benzene rings is 1. The Balaban J connectivity index is 1.77. The summed E-state index contributed by atoms with van der Waals surface area (Å²) in [5.74, 6) is 0.592. The van der Waals surface area contributed by atoms with E-state index in [1.54, 1.807) is 20.0 Å². The van der Waals surface area contributed by atoms with Crippen LogP contribution < -0.4 is 5.32 Å². The smallest absolute Gasteiger partial charge is 0.245 e. The largest absolute Gasteiger partial charge is 0.360 e. The van der Waals surface area contributed by atoms with Gasteiger partial charge in [0.05, 0.1) is 6.54 Å². The highest BCUT2D eigenvalue weighted by atomic mass is 16.5. The number of carbonyl (C=O) groups excluding carboxylic acids is 2. The van der Waals surface area contributed by atoms with E-state index in [0.717, 1.165) is 5.56 Å². The summed E-state index contributed by atoms with van der Waals surface area (Å²) >= 11 is 0. The molecule has 1 heterocycles. The van der Waals surface area contributed by atoms with E-state index in [4.69, 9.17) is 4.52 Å². The lowest BCUT2D eigenvalue weighted by Crippen LogP contribution is -2.35. The molecule has 6 heteroatoms. The summed E-state index contributed by atoms with van der Waals surface area (Å²) in [6.07, 6.45) is 1.03. The molecule has 1 aromatic carbocycles. The lowest BCUT2D eigenvalue weighted by Gasteiger charge is -2.16. The highest BCUT2D eigenvalue weighted by Gasteiger charge is 2.14. The molecule has 22 heavy (non-hydrogen) atoms. The molecule has 0 fully saturated rings. The molecular formula is C16H19N3O3. The lowest BCUT2D eigenvalue weighted by molar-refractivity contribution is -0.133. The summed E-state index contributed by atoms with van der Waals surface area (Å²) in [7, 11) is 1.61. The van der Waals surface area contributed by atoms with Crippen LogP contribution in [-0.4, -0.2) is 35.5 Å². The number of nitrogens with one attached hydrogen (secondary N) is 1. The van der Waals surface area contributed by atoms with Crippen molar-refractivity contribution in [1.82, 2.24) is 10.1 Å². The number of aromatic nitrogens is 1. The van der Waals surface area contributed by atoms with Crippen molar-refractivity contribution in [2.24, 2.45) is 0 Å². The van der Waals surface area contributed by atoms with Gasteiger partial charge in [-0.05, 0) is 18.9 Å². The predicted octanol–water partition coefficient (Wildman–Crippen LogP) is 2.01. The van der Waals surface area contributed by atoms with Gasteiger partial charge < -0.3 is 14.7 Å². The maximum absolute atomic E-state index is 12.0. The fourth-order valence-electron chi connectivity index (χ4n) is 2.00. The molecule has 0 saturated carbocycles. The monoisotopic (exact) mass is 301 g/mol. The van der Waals surface area contributed by atoms with Crippen molar-refractivity contribution in [1.29, 1.82) is 0 Å². The number of aryl methyl sites for hydroxylation is 2. The number of carbonyl (C=O) groups is 2. The Morgan fingerprint density at radius 2 is 2.00 bits per heavy atom. The van der Waals surface area contributed by atoms with Crippen molar-refractivity contribution in [2.75, 3.05) is 18.9 Å². The van der Waals surface area contributed by atoms with Crippen molar-refractivity contribution in [3.8, 4) is 0 Å². The summed E-state index contributed by atoms with van der Waals surface area (Å²) in [6.45, 7) is 1.72. The summed E-state index contributed by atoms with van der Waals surface area (Å²) in [4.78, 5) is 25.3. The number of likely N-dealkylation sites (N-methyl/N-ethyl adjacent to an activating group) is 1. The van der Waals surface area contributed by atoms with Crippen LogP contribution in [0.2, 0.25) is 0 Å². The Morgan fingerprint density at radius 3 is 2.64 bits per heavy atom. The standard InChI is InChI=1S/C16H19N3O3/c1-12-10-14(18-22-12)17-15(20)11-19(2)16(21)9-8-13-6-4-3-5-7-13/h3-7,10H,8-9,11H2,1-2H3,(H,17,18,20). The molecule has 0 atom stereocenters. The van der Waals surface area contributed by atoms with Crippen LogP contribution in [0.5, 0.6) is 0 Å². The molecule has 0 aliphatic carbocycles. The second kappa shape index (κ2) is 7.40. The molecule has 116 valence electrons. The Kier molecular flexibility index (Phi) is 5.30. The van der Waals surface area contributed by atoms with Crippen LogP contribution in [0, 0.1) is 6.92 Å². The van der Waals surface area contributed by atoms with E-state index in [9.17, 15) is 9.59 Å². The van der Waals surface area contributed by atoms with E-state index >= 15 is 0 Å². The van der Waals surface area contributed by atoms with Gasteiger partial charge in [0.25, 0.3) is 0 Å². The maximum Gasteiger partial charge on any atom is 0.245 e. The summed E-state index contributed by atoms with van der Waals surface area (Å²) < 4.78 is 4.86. The lowest BCUT2D eigenvalue weighted by atomic mass is 10.1. The maximum atomic E-state index is 12.0. The third-order valence-electron chi connectivity index (χ3n) is 3.17. The second-order valence-electron chi connectivity index (χ2n) is 5.11. The Hall–Kier alpha value is -2.63. The third-order valence-corrected chi connectivity index (χ3v) is 3.17. The zero-order valence-corrected chi connectivity index (χ0v) is 12.7. The van der Waals surface area contributed by atoms with Crippen molar-refractivity contribution in [3.05, 3.63) is 47.7 Å². The van der Waals surface area contributed by atoms with Crippen LogP contribution in [0.1, 0.15) is 17.7 Å². The van der Waals surface area contributed by atoms with E-state index in [2.05, 4.69) is 10.5 Å². The topological polar surface area (TPSA) is 75.4 Å². The van der Waals surface area contributed by atoms with Gasteiger partial charge in [0.2, 0.25) is 11.8 Å². The average Bonchev–Trinajstić information content (AvgIpc) is 2.90. The summed E-state index contributed by atoms with van der Waals surface area (Å²) in [6, 6.07) is 11.4. The Labute approximate surface area is 129 Å². The van der Waals surface area contributed by atoms with E-state index in [1.165, 1.54) is 4.90 Å². The van der Waals surface area contributed by atoms with Crippen molar-refractivity contribution in [3.63, 3.8) is 0 Å². The minimum Gasteiger partial charge on any atom is -0.360 e. The molecule has 2 amide bonds. The fraction of sp³-hybridized carbons (Fsp3) is 0.312. The minimum atomic E-state index is -0.302. The quantitative estimate of drug-likeness (QED) is 0.885. The van der Waals surface area contributed by atoms with Gasteiger partial charge in [-0.2, -0.15) is 0 Å². The van der Waals surface area contributed by atoms with Crippen LogP contribution in [0.15, 0.2) is 40.9 Å². The van der Waals surface area contributed by atoms with Crippen molar-refractivity contribution < 1.29 is 14.1 Å². The molecule has 0 aliphatic heterocycles. The van der Waals surface area contributed by atoms with Crippen LogP contribution in [-0.2, 0) is 16.0 Å². The third kappa shape index (κ3) is 4.73. The van der Waals surface area contributed by atoms with Gasteiger partial charge in [-0.1, -0.05) is 35.5 Å². The molecule has 1 aromatic heterocycles. The average molecular weight is 301 g/mol. The Morgan fingerprint density at radius 1 is 1.27 bits per heavy atom. The first-order chi connectivity index (χ1) is 10.5. The normalized spacial score (nSPS) is 10.3. The number of anilines is 1. The highest BCUT2D eigenvalue weighted by Crippen LogP contribution is 2.07. The molecule has 2 rings (SSSR count). The van der Waals surface area contributed by atoms with Crippen LogP contribution in [0.3, 0.4) is 0 Å². The molecule has 0 unspecified atom stereocenters. The van der Waals surface area contributed by atoms with E-state index in [1.807, 2.05) is 30.3 Å². The summed E-state index contributed by atoms with van der Waals surface area (Å²) in [5, 5.41) is 6.26. The number of nitrogens with zero attached hydrogens (tertiary/aromatic N) is 2. The van der Waals surface area contributed by atoms with Crippen LogP contribution in [0.25, 0.3) is 0 Å². The van der Waals surface area contributed by atoms with Crippen LogP contribution >= 0.6 is 0 Å². The predicted molar refractivity (Wildman–Crippen MR) is 82.3 cm³/mol. The van der Waals surface area contributed by atoms with Crippen LogP contribution in [0.4, 0.5) is 5.82 Å². The van der Waals surface area contributed by atoms with Gasteiger partial charge in [-0.15, -0.1) is 0 Å². The molecule has 0 radical (unpaired) electrons. The first-order valence-corrected chi connectivity index (χ1v) is 7.05. The van der Waals surface area contributed by atoms with Crippen molar-refractivity contribution >= 4 is 17.6 Å². The molecule has 0 aliphatic rings. The summed E-state index contributed by atoms with van der Waals surface area (Å²) in [5.41, 5.74) is 1.10. The highest BCUT2D eigenvalue weighted by molar-refractivity contribution is 5.93. The number of rotatable bonds is 6. The van der Waals surface area contributed by atoms with Gasteiger partial charge in [-0.3, -0.25) is 9.59 Å². The molecular weight excluding hydrogens is 282 g/mol. The first kappa shape index (κ1) is 15.8. The van der Waals surface area contributed by atoms with E-state index < -0.39 is 0 Å². The number of amides is 2. The van der Waals surface area contributed by atoms with Gasteiger partial charge in [0.1, 0.15) is 5.76 Å². The molecule has 2 aromatic rings. The SMILES string of the molecule is Cc1cc(NC(=O)CN(C)C(=O)CCc2ccccc2)no1. The first-order valence-electron chi connectivity index (χ1n) is 7.05. The van der Waals surface area contributed by atoms with Crippen molar-refractivity contribution in [2.45, 2.75) is 19.8 Å². The zero-order valence-electron chi connectivity index (χ0n) is 12.7. The van der Waals surface area contributed by atoms with Gasteiger partial charge in [0.15, 0.2) is 5.82 Å². The second-order valence-corrected chi connectivity index (χ2v) is 5.11. The van der Waals surface area contributed by atoms with E-state index in [-0.39, 0.29) is 18.4 Å². The zero-order chi connectivity index (χ0) is 15.9. The molecule has 6 nitrogen and oxygen atoms in total. The Bertz CT molecular complexity index is 637. The van der Waals surface area contributed by atoms with Gasteiger partial charge >= 0.3 is 0 Å². The number of hydrogen-bond donors (Lipinski definition) is 1. The molecule has 0 spiro atoms. The fourth-order valence-corrected chi connectivity index (χ4v) is 2.00. The van der Waals surface area contributed by atoms with E-state index in [0.29, 0.717) is 24.4 Å². The minimum absolute atomic E-state index is 0.0144. The van der Waals surface area contributed by atoms with Gasteiger partial charge in [-0.25, -0.2) is 0 Å². The molecule has 0 saturated heterocycles. The molecule has 1 N–H and O–H groups in total. The number of hydrogen-bond acceptors (Lipinski definition) is 4. The van der Waals surface area contributed by atoms with Gasteiger partial charge in [0, 0.05) is 19.5 Å². The molecule has 0 bridgehead atoms.